The van der Waals surface area contributed by atoms with Gasteiger partial charge in [0.05, 0.1) is 11.1 Å². The highest BCUT2D eigenvalue weighted by Gasteiger charge is 2.35. The van der Waals surface area contributed by atoms with Crippen molar-refractivity contribution in [3.8, 4) is 0 Å². The number of carbonyl (C=O) groups excluding carboxylic acids is 1. The van der Waals surface area contributed by atoms with Gasteiger partial charge >= 0.3 is 12.4 Å². The minimum atomic E-state index is -4.96. The van der Waals surface area contributed by atoms with Crippen LogP contribution in [0.1, 0.15) is 28.8 Å². The average molecular weight is 317 g/mol. The van der Waals surface area contributed by atoms with Crippen molar-refractivity contribution < 1.29 is 35.5 Å². The first-order valence-electron chi connectivity index (χ1n) is 5.73. The SMILES string of the molecule is O=C(NCCCC(F)(F)F)c1cccc(C(F)(F)F)c1F. The summed E-state index contributed by atoms with van der Waals surface area (Å²) >= 11 is 0. The second kappa shape index (κ2) is 6.31. The number of carbonyl (C=O) groups is 1. The zero-order valence-corrected chi connectivity index (χ0v) is 10.4. The van der Waals surface area contributed by atoms with Crippen LogP contribution in [-0.4, -0.2) is 18.6 Å². The molecule has 0 spiro atoms. The second-order valence-electron chi connectivity index (χ2n) is 4.14. The highest BCUT2D eigenvalue weighted by molar-refractivity contribution is 5.94. The molecule has 0 atom stereocenters. The molecule has 0 radical (unpaired) electrons. The van der Waals surface area contributed by atoms with Crippen molar-refractivity contribution in [3.63, 3.8) is 0 Å². The van der Waals surface area contributed by atoms with Crippen molar-refractivity contribution >= 4 is 5.91 Å². The molecule has 1 N–H and O–H groups in total. The lowest BCUT2D eigenvalue weighted by molar-refractivity contribution is -0.140. The number of rotatable bonds is 4. The van der Waals surface area contributed by atoms with Crippen LogP contribution in [0.15, 0.2) is 18.2 Å². The molecule has 9 heteroatoms. The average Bonchev–Trinajstić information content (AvgIpc) is 2.32. The summed E-state index contributed by atoms with van der Waals surface area (Å²) in [6.45, 7) is -0.423. The Kier molecular flexibility index (Phi) is 5.19. The highest BCUT2D eigenvalue weighted by Crippen LogP contribution is 2.32. The fourth-order valence-corrected chi connectivity index (χ4v) is 1.51. The molecule has 0 aliphatic rings. The van der Waals surface area contributed by atoms with Crippen LogP contribution < -0.4 is 5.32 Å². The first-order chi connectivity index (χ1) is 9.52. The number of benzene rings is 1. The topological polar surface area (TPSA) is 29.1 Å². The van der Waals surface area contributed by atoms with Crippen molar-refractivity contribution in [1.82, 2.24) is 5.32 Å². The van der Waals surface area contributed by atoms with Crippen LogP contribution in [0, 0.1) is 5.82 Å². The summed E-state index contributed by atoms with van der Waals surface area (Å²) < 4.78 is 86.4. The van der Waals surface area contributed by atoms with E-state index in [-0.39, 0.29) is 0 Å². The summed E-state index contributed by atoms with van der Waals surface area (Å²) in [7, 11) is 0. The molecule has 0 bridgehead atoms. The van der Waals surface area contributed by atoms with Gasteiger partial charge < -0.3 is 5.32 Å². The van der Waals surface area contributed by atoms with Gasteiger partial charge in [0.15, 0.2) is 0 Å². The Balaban J connectivity index is 2.71. The van der Waals surface area contributed by atoms with Gasteiger partial charge in [-0.15, -0.1) is 0 Å². The van der Waals surface area contributed by atoms with E-state index >= 15 is 0 Å². The smallest absolute Gasteiger partial charge is 0.352 e. The van der Waals surface area contributed by atoms with Crippen molar-refractivity contribution in [2.45, 2.75) is 25.2 Å². The second-order valence-corrected chi connectivity index (χ2v) is 4.14. The number of hydrogen-bond donors (Lipinski definition) is 1. The predicted octanol–water partition coefficient (Wildman–Crippen LogP) is 3.92. The number of nitrogens with one attached hydrogen (secondary N) is 1. The van der Waals surface area contributed by atoms with E-state index in [0.717, 1.165) is 12.1 Å². The molecule has 0 unspecified atom stereocenters. The molecule has 0 aliphatic carbocycles. The molecule has 118 valence electrons. The third kappa shape index (κ3) is 5.24. The van der Waals surface area contributed by atoms with Crippen LogP contribution in [-0.2, 0) is 6.18 Å². The Bertz CT molecular complexity index is 507. The van der Waals surface area contributed by atoms with Gasteiger partial charge in [0.1, 0.15) is 5.82 Å². The van der Waals surface area contributed by atoms with Gasteiger partial charge in [-0.2, -0.15) is 26.3 Å². The molecule has 1 aromatic carbocycles. The Labute approximate surface area is 114 Å². The Hall–Kier alpha value is -1.80. The maximum atomic E-state index is 13.6. The van der Waals surface area contributed by atoms with Crippen LogP contribution in [0.3, 0.4) is 0 Å². The van der Waals surface area contributed by atoms with Crippen LogP contribution in [0.4, 0.5) is 30.7 Å². The van der Waals surface area contributed by atoms with Crippen molar-refractivity contribution in [2.75, 3.05) is 6.54 Å². The molecule has 0 saturated carbocycles. The minimum absolute atomic E-state index is 0.423. The molecule has 0 saturated heterocycles. The molecule has 0 fully saturated rings. The van der Waals surface area contributed by atoms with Gasteiger partial charge in [-0.25, -0.2) is 4.39 Å². The molecule has 0 aromatic heterocycles. The summed E-state index contributed by atoms with van der Waals surface area (Å²) in [5.74, 6) is -2.95. The number of amides is 1. The van der Waals surface area contributed by atoms with Crippen molar-refractivity contribution in [3.05, 3.63) is 35.1 Å². The molecule has 0 aliphatic heterocycles. The quantitative estimate of drug-likeness (QED) is 0.662. The zero-order chi connectivity index (χ0) is 16.3. The van der Waals surface area contributed by atoms with E-state index in [9.17, 15) is 35.5 Å². The molecule has 1 aromatic rings. The fourth-order valence-electron chi connectivity index (χ4n) is 1.51. The van der Waals surface area contributed by atoms with Crippen LogP contribution >= 0.6 is 0 Å². The molecule has 1 rings (SSSR count). The maximum absolute atomic E-state index is 13.6. The largest absolute Gasteiger partial charge is 0.419 e. The van der Waals surface area contributed by atoms with Crippen LogP contribution in [0.5, 0.6) is 0 Å². The third-order valence-corrected chi connectivity index (χ3v) is 2.47. The van der Waals surface area contributed by atoms with E-state index in [1.165, 1.54) is 0 Å². The fraction of sp³-hybridized carbons (Fsp3) is 0.417. The van der Waals surface area contributed by atoms with Gasteiger partial charge in [0.2, 0.25) is 0 Å². The lowest BCUT2D eigenvalue weighted by atomic mass is 10.1. The number of alkyl halides is 6. The van der Waals surface area contributed by atoms with E-state index in [2.05, 4.69) is 0 Å². The summed E-state index contributed by atoms with van der Waals surface area (Å²) in [5, 5.41) is 1.94. The highest BCUT2D eigenvalue weighted by atomic mass is 19.4. The van der Waals surface area contributed by atoms with E-state index in [1.807, 2.05) is 5.32 Å². The van der Waals surface area contributed by atoms with Crippen LogP contribution in [0.25, 0.3) is 0 Å². The Morgan fingerprint density at radius 3 is 2.24 bits per heavy atom. The molecule has 0 heterocycles. The van der Waals surface area contributed by atoms with Gasteiger partial charge in [-0.05, 0) is 18.6 Å². The lowest BCUT2D eigenvalue weighted by Gasteiger charge is -2.11. The molecular weight excluding hydrogens is 307 g/mol. The van der Waals surface area contributed by atoms with Gasteiger partial charge in [-0.1, -0.05) is 6.07 Å². The van der Waals surface area contributed by atoms with Gasteiger partial charge in [0.25, 0.3) is 5.91 Å². The van der Waals surface area contributed by atoms with E-state index in [4.69, 9.17) is 0 Å². The van der Waals surface area contributed by atoms with E-state index < -0.39 is 54.6 Å². The normalized spacial score (nSPS) is 12.3. The minimum Gasteiger partial charge on any atom is -0.352 e. The summed E-state index contributed by atoms with van der Waals surface area (Å²) in [6.07, 6.45) is -11.0. The number of halogens is 7. The Morgan fingerprint density at radius 1 is 1.10 bits per heavy atom. The Morgan fingerprint density at radius 2 is 1.71 bits per heavy atom. The predicted molar refractivity (Wildman–Crippen MR) is 59.0 cm³/mol. The zero-order valence-electron chi connectivity index (χ0n) is 10.4. The molecule has 2 nitrogen and oxygen atoms in total. The molecule has 21 heavy (non-hydrogen) atoms. The van der Waals surface area contributed by atoms with E-state index in [1.54, 1.807) is 0 Å². The van der Waals surface area contributed by atoms with Gasteiger partial charge in [0, 0.05) is 13.0 Å². The third-order valence-electron chi connectivity index (χ3n) is 2.47. The van der Waals surface area contributed by atoms with E-state index in [0.29, 0.717) is 6.07 Å². The van der Waals surface area contributed by atoms with Crippen LogP contribution in [0.2, 0.25) is 0 Å². The summed E-state index contributed by atoms with van der Waals surface area (Å²) in [6, 6.07) is 2.13. The molecule has 1 amide bonds. The first kappa shape index (κ1) is 17.3. The summed E-state index contributed by atoms with van der Waals surface area (Å²) in [5.41, 5.74) is -2.47. The summed E-state index contributed by atoms with van der Waals surface area (Å²) in [4.78, 5) is 11.5. The van der Waals surface area contributed by atoms with Crippen molar-refractivity contribution in [1.29, 1.82) is 0 Å². The lowest BCUT2D eigenvalue weighted by Crippen LogP contribution is -2.27. The monoisotopic (exact) mass is 317 g/mol. The first-order valence-corrected chi connectivity index (χ1v) is 5.73. The standard InChI is InChI=1S/C12H10F7NO/c13-9-7(3-1-4-8(9)12(17,18)19)10(21)20-6-2-5-11(14,15)16/h1,3-4H,2,5-6H2,(H,20,21). The van der Waals surface area contributed by atoms with Gasteiger partial charge in [-0.3, -0.25) is 4.79 Å². The molecular formula is C12H10F7NO. The maximum Gasteiger partial charge on any atom is 0.419 e. The van der Waals surface area contributed by atoms with Crippen molar-refractivity contribution in [2.24, 2.45) is 0 Å². The number of hydrogen-bond acceptors (Lipinski definition) is 1.